The van der Waals surface area contributed by atoms with E-state index in [1.54, 1.807) is 37.3 Å². The van der Waals surface area contributed by atoms with Crippen molar-refractivity contribution in [2.24, 2.45) is 0 Å². The summed E-state index contributed by atoms with van der Waals surface area (Å²) < 4.78 is 5.04. The van der Waals surface area contributed by atoms with Gasteiger partial charge in [-0.1, -0.05) is 12.1 Å². The minimum atomic E-state index is -0.279. The average molecular weight is 292 g/mol. The zero-order chi connectivity index (χ0) is 14.5. The molecule has 0 spiro atoms. The van der Waals surface area contributed by atoms with Crippen molar-refractivity contribution in [1.82, 2.24) is 9.97 Å². The molecule has 5 nitrogen and oxygen atoms in total. The van der Waals surface area contributed by atoms with Gasteiger partial charge in [0.05, 0.1) is 7.11 Å². The van der Waals surface area contributed by atoms with Crippen molar-refractivity contribution in [3.05, 3.63) is 47.2 Å². The summed E-state index contributed by atoms with van der Waals surface area (Å²) >= 11 is 5.70. The maximum atomic E-state index is 12.1. The second-order valence-electron chi connectivity index (χ2n) is 4.16. The van der Waals surface area contributed by atoms with Gasteiger partial charge in [-0.3, -0.25) is 10.1 Å². The molecule has 0 aliphatic heterocycles. The molecule has 0 bridgehead atoms. The van der Waals surface area contributed by atoms with Crippen LogP contribution >= 0.6 is 11.6 Å². The summed E-state index contributed by atoms with van der Waals surface area (Å²) in [5.74, 6) is 0.762. The van der Waals surface area contributed by atoms with Gasteiger partial charge < -0.3 is 4.74 Å². The lowest BCUT2D eigenvalue weighted by atomic mass is 10.1. The Morgan fingerprint density at radius 2 is 2.00 bits per heavy atom. The van der Waals surface area contributed by atoms with Gasteiger partial charge in [-0.05, 0) is 24.6 Å². The Hall–Kier alpha value is -2.14. The number of aromatic nitrogens is 2. The fourth-order valence-corrected chi connectivity index (χ4v) is 1.80. The molecule has 1 amide bonds. The molecule has 6 heteroatoms. The Balaban J connectivity index is 2.16. The van der Waals surface area contributed by atoms with Crippen LogP contribution in [0.1, 0.15) is 21.6 Å². The fraction of sp³-hybridized carbons (Fsp3) is 0.214. The second kappa shape index (κ2) is 6.34. The summed E-state index contributed by atoms with van der Waals surface area (Å²) in [4.78, 5) is 20.3. The first kappa shape index (κ1) is 14.3. The van der Waals surface area contributed by atoms with Gasteiger partial charge in [0.2, 0.25) is 11.8 Å². The normalized spacial score (nSPS) is 10.2. The molecule has 1 aromatic carbocycles. The van der Waals surface area contributed by atoms with Crippen LogP contribution in [-0.4, -0.2) is 23.0 Å². The smallest absolute Gasteiger partial charge is 0.258 e. The van der Waals surface area contributed by atoms with Crippen molar-refractivity contribution >= 4 is 23.5 Å². The van der Waals surface area contributed by atoms with Gasteiger partial charge in [0.25, 0.3) is 5.91 Å². The molecule has 0 unspecified atom stereocenters. The number of hydrogen-bond acceptors (Lipinski definition) is 4. The first-order valence-corrected chi connectivity index (χ1v) is 6.51. The van der Waals surface area contributed by atoms with Crippen LogP contribution in [0.5, 0.6) is 5.88 Å². The van der Waals surface area contributed by atoms with Crippen molar-refractivity contribution < 1.29 is 9.53 Å². The molecule has 0 fully saturated rings. The SMILES string of the molecule is COc1cc(C)nc(NC(=O)c2ccc(CCl)cc2)n1. The van der Waals surface area contributed by atoms with E-state index in [9.17, 15) is 4.79 Å². The standard InChI is InChI=1S/C14H14ClN3O2/c1-9-7-12(20-2)17-14(16-9)18-13(19)11-5-3-10(8-15)4-6-11/h3-7H,8H2,1-2H3,(H,16,17,18,19). The Bertz CT molecular complexity index is 614. The number of ether oxygens (including phenoxy) is 1. The van der Waals surface area contributed by atoms with Gasteiger partial charge in [-0.15, -0.1) is 11.6 Å². The van der Waals surface area contributed by atoms with Crippen molar-refractivity contribution in [3.8, 4) is 5.88 Å². The van der Waals surface area contributed by atoms with E-state index < -0.39 is 0 Å². The molecule has 0 aliphatic rings. The number of aryl methyl sites for hydroxylation is 1. The Morgan fingerprint density at radius 1 is 1.30 bits per heavy atom. The molecule has 0 atom stereocenters. The molecule has 0 aliphatic carbocycles. The average Bonchev–Trinajstić information content (AvgIpc) is 2.46. The Morgan fingerprint density at radius 3 is 2.60 bits per heavy atom. The summed E-state index contributed by atoms with van der Waals surface area (Å²) in [7, 11) is 1.51. The van der Waals surface area contributed by atoms with Crippen LogP contribution in [0.4, 0.5) is 5.95 Å². The highest BCUT2D eigenvalue weighted by Crippen LogP contribution is 2.13. The third-order valence-electron chi connectivity index (χ3n) is 2.64. The number of halogens is 1. The molecule has 1 N–H and O–H groups in total. The minimum absolute atomic E-state index is 0.216. The van der Waals surface area contributed by atoms with Crippen LogP contribution in [0.3, 0.4) is 0 Å². The van der Waals surface area contributed by atoms with Crippen molar-refractivity contribution in [2.45, 2.75) is 12.8 Å². The zero-order valence-electron chi connectivity index (χ0n) is 11.2. The van der Waals surface area contributed by atoms with E-state index in [-0.39, 0.29) is 11.9 Å². The van der Waals surface area contributed by atoms with E-state index >= 15 is 0 Å². The second-order valence-corrected chi connectivity index (χ2v) is 4.43. The summed E-state index contributed by atoms with van der Waals surface area (Å²) in [5.41, 5.74) is 2.18. The number of benzene rings is 1. The van der Waals surface area contributed by atoms with E-state index in [0.717, 1.165) is 5.56 Å². The summed E-state index contributed by atoms with van der Waals surface area (Å²) in [6.07, 6.45) is 0. The lowest BCUT2D eigenvalue weighted by Gasteiger charge is -2.07. The van der Waals surface area contributed by atoms with Gasteiger partial charge in [0.15, 0.2) is 0 Å². The third-order valence-corrected chi connectivity index (χ3v) is 2.94. The fourth-order valence-electron chi connectivity index (χ4n) is 1.62. The zero-order valence-corrected chi connectivity index (χ0v) is 11.9. The monoisotopic (exact) mass is 291 g/mol. The molecule has 2 rings (SSSR count). The number of anilines is 1. The molecule has 0 saturated carbocycles. The van der Waals surface area contributed by atoms with Crippen molar-refractivity contribution in [1.29, 1.82) is 0 Å². The van der Waals surface area contributed by atoms with Crippen LogP contribution in [0, 0.1) is 6.92 Å². The number of rotatable bonds is 4. The summed E-state index contributed by atoms with van der Waals surface area (Å²) in [6.45, 7) is 1.80. The molecule has 104 valence electrons. The largest absolute Gasteiger partial charge is 0.481 e. The van der Waals surface area contributed by atoms with E-state index in [0.29, 0.717) is 23.0 Å². The number of hydrogen-bond donors (Lipinski definition) is 1. The highest BCUT2D eigenvalue weighted by Gasteiger charge is 2.09. The van der Waals surface area contributed by atoms with Gasteiger partial charge >= 0.3 is 0 Å². The number of amides is 1. The summed E-state index contributed by atoms with van der Waals surface area (Å²) in [5, 5.41) is 2.64. The highest BCUT2D eigenvalue weighted by atomic mass is 35.5. The first-order chi connectivity index (χ1) is 9.62. The predicted molar refractivity (Wildman–Crippen MR) is 77.3 cm³/mol. The third kappa shape index (κ3) is 3.45. The number of methoxy groups -OCH3 is 1. The van der Waals surface area contributed by atoms with Crippen molar-refractivity contribution in [2.75, 3.05) is 12.4 Å². The molecule has 20 heavy (non-hydrogen) atoms. The van der Waals surface area contributed by atoms with E-state index in [1.165, 1.54) is 7.11 Å². The van der Waals surface area contributed by atoms with Crippen LogP contribution in [0.2, 0.25) is 0 Å². The summed E-state index contributed by atoms with van der Waals surface area (Å²) in [6, 6.07) is 8.71. The highest BCUT2D eigenvalue weighted by molar-refractivity contribution is 6.17. The van der Waals surface area contributed by atoms with Gasteiger partial charge in [0, 0.05) is 23.2 Å². The number of carbonyl (C=O) groups excluding carboxylic acids is 1. The molecule has 1 heterocycles. The molecular weight excluding hydrogens is 278 g/mol. The molecule has 1 aromatic heterocycles. The molecule has 0 radical (unpaired) electrons. The number of alkyl halides is 1. The number of nitrogens with one attached hydrogen (secondary N) is 1. The minimum Gasteiger partial charge on any atom is -0.481 e. The van der Waals surface area contributed by atoms with Crippen LogP contribution in [0.25, 0.3) is 0 Å². The maximum absolute atomic E-state index is 12.1. The topological polar surface area (TPSA) is 64.1 Å². The van der Waals surface area contributed by atoms with Crippen LogP contribution in [-0.2, 0) is 5.88 Å². The Kier molecular flexibility index (Phi) is 4.53. The van der Waals surface area contributed by atoms with Gasteiger partial charge in [-0.25, -0.2) is 4.98 Å². The number of nitrogens with zero attached hydrogens (tertiary/aromatic N) is 2. The quantitative estimate of drug-likeness (QED) is 0.880. The maximum Gasteiger partial charge on any atom is 0.258 e. The number of carbonyl (C=O) groups is 1. The molecule has 0 saturated heterocycles. The van der Waals surface area contributed by atoms with Gasteiger partial charge in [-0.2, -0.15) is 4.98 Å². The first-order valence-electron chi connectivity index (χ1n) is 5.98. The van der Waals surface area contributed by atoms with Crippen LogP contribution in [0.15, 0.2) is 30.3 Å². The van der Waals surface area contributed by atoms with Crippen LogP contribution < -0.4 is 10.1 Å². The van der Waals surface area contributed by atoms with E-state index in [1.807, 2.05) is 0 Å². The predicted octanol–water partition coefficient (Wildman–Crippen LogP) is 2.78. The lowest BCUT2D eigenvalue weighted by Crippen LogP contribution is -2.14. The van der Waals surface area contributed by atoms with E-state index in [4.69, 9.17) is 16.3 Å². The van der Waals surface area contributed by atoms with Crippen molar-refractivity contribution in [3.63, 3.8) is 0 Å². The van der Waals surface area contributed by atoms with Gasteiger partial charge in [0.1, 0.15) is 0 Å². The molecular formula is C14H14ClN3O2. The molecule has 2 aromatic rings. The Labute approximate surface area is 122 Å². The van der Waals surface area contributed by atoms with E-state index in [2.05, 4.69) is 15.3 Å². The lowest BCUT2D eigenvalue weighted by molar-refractivity contribution is 0.102.